The van der Waals surface area contributed by atoms with Crippen molar-refractivity contribution < 1.29 is 14.3 Å². The number of hydrogen-bond acceptors (Lipinski definition) is 2. The minimum Gasteiger partial charge on any atom is -0.384 e. The number of carbonyl (C=O) groups is 1. The molecule has 1 fully saturated rings. The summed E-state index contributed by atoms with van der Waals surface area (Å²) in [6.45, 7) is 2.46. The lowest BCUT2D eigenvalue weighted by atomic mass is 10.1. The Balaban J connectivity index is 2.11. The maximum absolute atomic E-state index is 13.2. The van der Waals surface area contributed by atoms with Gasteiger partial charge in [-0.25, -0.2) is 4.39 Å². The third-order valence-electron chi connectivity index (χ3n) is 3.33. The van der Waals surface area contributed by atoms with Crippen molar-refractivity contribution in [2.45, 2.75) is 13.3 Å². The normalized spacial score (nSPS) is 20.4. The fraction of sp³-hybridized carbons (Fsp3) is 0.400. The van der Waals surface area contributed by atoms with Crippen LogP contribution in [0.2, 0.25) is 0 Å². The van der Waals surface area contributed by atoms with E-state index in [2.05, 4.69) is 24.1 Å². The van der Waals surface area contributed by atoms with Crippen molar-refractivity contribution in [2.24, 2.45) is 11.8 Å². The molecule has 1 aliphatic rings. The van der Waals surface area contributed by atoms with E-state index < -0.39 is 5.82 Å². The van der Waals surface area contributed by atoms with E-state index in [0.717, 1.165) is 6.42 Å². The zero-order chi connectivity index (χ0) is 13.8. The minimum absolute atomic E-state index is 0.217. The van der Waals surface area contributed by atoms with Crippen LogP contribution in [0, 0.1) is 29.5 Å². The molecule has 0 saturated heterocycles. The average Bonchev–Trinajstić information content (AvgIpc) is 3.10. The van der Waals surface area contributed by atoms with Crippen molar-refractivity contribution in [3.05, 3.63) is 35.1 Å². The monoisotopic (exact) mass is 261 g/mol. The van der Waals surface area contributed by atoms with Gasteiger partial charge in [-0.3, -0.25) is 4.79 Å². The van der Waals surface area contributed by atoms with E-state index in [-0.39, 0.29) is 18.1 Å². The Morgan fingerprint density at radius 3 is 2.95 bits per heavy atom. The maximum Gasteiger partial charge on any atom is 0.252 e. The largest absolute Gasteiger partial charge is 0.384 e. The first-order chi connectivity index (χ1) is 9.11. The Hall–Kier alpha value is -1.86. The summed E-state index contributed by atoms with van der Waals surface area (Å²) in [6.07, 6.45) is 1.13. The van der Waals surface area contributed by atoms with Gasteiger partial charge >= 0.3 is 0 Å². The predicted octanol–water partition coefficient (Wildman–Crippen LogP) is 1.56. The number of amides is 1. The summed E-state index contributed by atoms with van der Waals surface area (Å²) in [5, 5.41) is 11.5. The highest BCUT2D eigenvalue weighted by atomic mass is 19.1. The number of halogens is 1. The summed E-state index contributed by atoms with van der Waals surface area (Å²) >= 11 is 0. The molecular weight excluding hydrogens is 245 g/mol. The zero-order valence-corrected chi connectivity index (χ0v) is 10.7. The summed E-state index contributed by atoms with van der Waals surface area (Å²) in [5.74, 6) is 5.52. The van der Waals surface area contributed by atoms with Crippen LogP contribution in [0.4, 0.5) is 4.39 Å². The van der Waals surface area contributed by atoms with E-state index in [1.165, 1.54) is 18.2 Å². The summed E-state index contributed by atoms with van der Waals surface area (Å²) in [7, 11) is 0. The van der Waals surface area contributed by atoms with Crippen molar-refractivity contribution in [3.63, 3.8) is 0 Å². The van der Waals surface area contributed by atoms with Gasteiger partial charge < -0.3 is 10.4 Å². The third kappa shape index (κ3) is 3.55. The number of hydrogen-bond donors (Lipinski definition) is 2. The highest BCUT2D eigenvalue weighted by Gasteiger charge is 2.32. The molecule has 1 amide bonds. The first kappa shape index (κ1) is 13.6. The van der Waals surface area contributed by atoms with E-state index in [1.54, 1.807) is 0 Å². The number of aliphatic hydroxyl groups excluding tert-OH is 1. The molecule has 2 atom stereocenters. The van der Waals surface area contributed by atoms with Crippen LogP contribution in [-0.4, -0.2) is 24.2 Å². The van der Waals surface area contributed by atoms with Crippen LogP contribution >= 0.6 is 0 Å². The van der Waals surface area contributed by atoms with Gasteiger partial charge in [0.2, 0.25) is 0 Å². The number of benzene rings is 1. The van der Waals surface area contributed by atoms with E-state index in [9.17, 15) is 9.18 Å². The molecule has 2 unspecified atom stereocenters. The Kier molecular flexibility index (Phi) is 4.18. The van der Waals surface area contributed by atoms with Crippen LogP contribution < -0.4 is 5.32 Å². The van der Waals surface area contributed by atoms with Crippen molar-refractivity contribution >= 4 is 5.91 Å². The molecule has 0 radical (unpaired) electrons. The molecule has 1 saturated carbocycles. The fourth-order valence-corrected chi connectivity index (χ4v) is 1.95. The molecule has 0 spiro atoms. The SMILES string of the molecule is CC1CC1CNC(=O)c1cc(F)ccc1C#CCO. The van der Waals surface area contributed by atoms with Gasteiger partial charge in [-0.15, -0.1) is 0 Å². The summed E-state index contributed by atoms with van der Waals surface area (Å²) in [6, 6.07) is 3.88. The first-order valence-corrected chi connectivity index (χ1v) is 6.29. The molecule has 19 heavy (non-hydrogen) atoms. The second-order valence-corrected chi connectivity index (χ2v) is 4.83. The molecule has 0 aromatic heterocycles. The van der Waals surface area contributed by atoms with Crippen LogP contribution in [0.15, 0.2) is 18.2 Å². The van der Waals surface area contributed by atoms with Gasteiger partial charge in [-0.2, -0.15) is 0 Å². The zero-order valence-electron chi connectivity index (χ0n) is 10.7. The quantitative estimate of drug-likeness (QED) is 0.811. The smallest absolute Gasteiger partial charge is 0.252 e. The van der Waals surface area contributed by atoms with Crippen LogP contribution in [0.25, 0.3) is 0 Å². The molecule has 3 nitrogen and oxygen atoms in total. The van der Waals surface area contributed by atoms with Gasteiger partial charge in [0.05, 0.1) is 5.56 Å². The lowest BCUT2D eigenvalue weighted by Gasteiger charge is -2.06. The van der Waals surface area contributed by atoms with Crippen LogP contribution in [0.1, 0.15) is 29.3 Å². The van der Waals surface area contributed by atoms with Crippen LogP contribution in [0.3, 0.4) is 0 Å². The molecule has 0 aliphatic heterocycles. The molecule has 4 heteroatoms. The second-order valence-electron chi connectivity index (χ2n) is 4.83. The molecule has 0 heterocycles. The Morgan fingerprint density at radius 2 is 2.32 bits per heavy atom. The molecule has 2 rings (SSSR count). The summed E-state index contributed by atoms with van der Waals surface area (Å²) in [5.41, 5.74) is 0.644. The van der Waals surface area contributed by atoms with Crippen LogP contribution in [-0.2, 0) is 0 Å². The number of carbonyl (C=O) groups excluding carboxylic acids is 1. The second kappa shape index (κ2) is 5.85. The van der Waals surface area contributed by atoms with Crippen LogP contribution in [0.5, 0.6) is 0 Å². The van der Waals surface area contributed by atoms with Gasteiger partial charge in [0.25, 0.3) is 5.91 Å². The van der Waals surface area contributed by atoms with Gasteiger partial charge in [0.15, 0.2) is 0 Å². The highest BCUT2D eigenvalue weighted by molar-refractivity contribution is 5.96. The van der Waals surface area contributed by atoms with Gasteiger partial charge in [0.1, 0.15) is 12.4 Å². The lowest BCUT2D eigenvalue weighted by molar-refractivity contribution is 0.0950. The number of aliphatic hydroxyl groups is 1. The van der Waals surface area contributed by atoms with Gasteiger partial charge in [0, 0.05) is 12.1 Å². The Morgan fingerprint density at radius 1 is 1.58 bits per heavy atom. The summed E-state index contributed by atoms with van der Waals surface area (Å²) in [4.78, 5) is 12.0. The maximum atomic E-state index is 13.2. The minimum atomic E-state index is -0.473. The Bertz CT molecular complexity index is 545. The topological polar surface area (TPSA) is 49.3 Å². The van der Waals surface area contributed by atoms with Crippen molar-refractivity contribution in [2.75, 3.05) is 13.2 Å². The summed E-state index contributed by atoms with van der Waals surface area (Å²) < 4.78 is 13.2. The lowest BCUT2D eigenvalue weighted by Crippen LogP contribution is -2.26. The molecule has 1 aliphatic carbocycles. The number of rotatable bonds is 3. The molecule has 2 N–H and O–H groups in total. The molecular formula is C15H16FNO2. The molecule has 0 bridgehead atoms. The van der Waals surface area contributed by atoms with Crippen molar-refractivity contribution in [3.8, 4) is 11.8 Å². The molecule has 1 aromatic carbocycles. The van der Waals surface area contributed by atoms with Crippen molar-refractivity contribution in [1.82, 2.24) is 5.32 Å². The third-order valence-corrected chi connectivity index (χ3v) is 3.33. The molecule has 100 valence electrons. The first-order valence-electron chi connectivity index (χ1n) is 6.29. The van der Waals surface area contributed by atoms with Gasteiger partial charge in [-0.05, 0) is 36.5 Å². The van der Waals surface area contributed by atoms with E-state index in [4.69, 9.17) is 5.11 Å². The van der Waals surface area contributed by atoms with Gasteiger partial charge in [-0.1, -0.05) is 18.8 Å². The highest BCUT2D eigenvalue weighted by Crippen LogP contribution is 2.36. The predicted molar refractivity (Wildman–Crippen MR) is 70.0 cm³/mol. The fourth-order valence-electron chi connectivity index (χ4n) is 1.95. The van der Waals surface area contributed by atoms with E-state index >= 15 is 0 Å². The Labute approximate surface area is 111 Å². The van der Waals surface area contributed by atoms with E-state index in [1.807, 2.05) is 0 Å². The standard InChI is InChI=1S/C15H16FNO2/c1-10-7-12(10)9-17-15(19)14-8-13(16)5-4-11(14)3-2-6-18/h4-5,8,10,12,18H,6-7,9H2,1H3,(H,17,19). The van der Waals surface area contributed by atoms with E-state index in [0.29, 0.717) is 23.9 Å². The molecule has 1 aromatic rings. The number of nitrogens with one attached hydrogen (secondary N) is 1. The average molecular weight is 261 g/mol. The van der Waals surface area contributed by atoms with Crippen molar-refractivity contribution in [1.29, 1.82) is 0 Å².